The quantitative estimate of drug-likeness (QED) is 0.622. The summed E-state index contributed by atoms with van der Waals surface area (Å²) in [5.41, 5.74) is 4.84. The van der Waals surface area contributed by atoms with Crippen LogP contribution in [0.5, 0.6) is 0 Å². The van der Waals surface area contributed by atoms with Gasteiger partial charge in [0.2, 0.25) is 0 Å². The monoisotopic (exact) mass is 159 g/mol. The molecular weight excluding hydrogens is 150 g/mol. The van der Waals surface area contributed by atoms with Gasteiger partial charge in [0.1, 0.15) is 6.17 Å². The number of nitrogens with two attached hydrogens (primary N) is 1. The molecule has 0 aromatic heterocycles. The lowest BCUT2D eigenvalue weighted by atomic mass is 10.2. The van der Waals surface area contributed by atoms with Crippen LogP contribution in [-0.4, -0.2) is 18.9 Å². The normalized spacial score (nSPS) is 15.3. The first-order chi connectivity index (χ1) is 4.45. The predicted octanol–water partition coefficient (Wildman–Crippen LogP) is 1.63. The van der Waals surface area contributed by atoms with Crippen molar-refractivity contribution in [1.82, 2.24) is 0 Å². The van der Waals surface area contributed by atoms with E-state index in [-0.39, 0.29) is 13.0 Å². The summed E-state index contributed by atoms with van der Waals surface area (Å²) in [6, 6.07) is 0. The van der Waals surface area contributed by atoms with Crippen LogP contribution in [0.25, 0.3) is 0 Å². The molecule has 0 amide bonds. The van der Waals surface area contributed by atoms with Crippen LogP contribution in [0, 0.1) is 0 Å². The number of hydrogen-bond donors (Lipinski definition) is 1. The van der Waals surface area contributed by atoms with Crippen LogP contribution in [0.2, 0.25) is 0 Å². The highest BCUT2D eigenvalue weighted by Gasteiger charge is 2.31. The number of alkyl halides is 4. The molecule has 62 valence electrons. The van der Waals surface area contributed by atoms with Crippen LogP contribution in [-0.2, 0) is 0 Å². The molecule has 0 aliphatic heterocycles. The zero-order valence-corrected chi connectivity index (χ0v) is 5.29. The Morgan fingerprint density at radius 1 is 1.30 bits per heavy atom. The van der Waals surface area contributed by atoms with Gasteiger partial charge in [-0.05, 0) is 13.0 Å². The standard InChI is InChI=1S/C5H9F4N/c6-4(1-2-10)3-5(7,8)9/h4H,1-3,10H2. The Balaban J connectivity index is 3.47. The summed E-state index contributed by atoms with van der Waals surface area (Å²) in [7, 11) is 0. The van der Waals surface area contributed by atoms with E-state index in [9.17, 15) is 17.6 Å². The van der Waals surface area contributed by atoms with E-state index in [0.717, 1.165) is 0 Å². The van der Waals surface area contributed by atoms with Gasteiger partial charge in [0.05, 0.1) is 6.42 Å². The molecular formula is C5H9F4N. The highest BCUT2D eigenvalue weighted by Crippen LogP contribution is 2.23. The molecule has 5 heteroatoms. The van der Waals surface area contributed by atoms with E-state index in [2.05, 4.69) is 0 Å². The maximum absolute atomic E-state index is 12.1. The van der Waals surface area contributed by atoms with E-state index in [1.165, 1.54) is 0 Å². The molecule has 0 radical (unpaired) electrons. The summed E-state index contributed by atoms with van der Waals surface area (Å²) in [6.45, 7) is -0.0444. The van der Waals surface area contributed by atoms with Gasteiger partial charge in [0.25, 0.3) is 0 Å². The van der Waals surface area contributed by atoms with Crippen LogP contribution < -0.4 is 5.73 Å². The Bertz CT molecular complexity index is 90.1. The lowest BCUT2D eigenvalue weighted by molar-refractivity contribution is -0.146. The summed E-state index contributed by atoms with van der Waals surface area (Å²) in [5.74, 6) is 0. The van der Waals surface area contributed by atoms with Crippen molar-refractivity contribution in [2.75, 3.05) is 6.54 Å². The third kappa shape index (κ3) is 5.81. The fraction of sp³-hybridized carbons (Fsp3) is 1.00. The molecule has 1 unspecified atom stereocenters. The smallest absolute Gasteiger partial charge is 0.330 e. The van der Waals surface area contributed by atoms with Crippen LogP contribution in [0.4, 0.5) is 17.6 Å². The molecule has 1 atom stereocenters. The summed E-state index contributed by atoms with van der Waals surface area (Å²) >= 11 is 0. The molecule has 0 spiro atoms. The minimum atomic E-state index is -4.41. The average molecular weight is 159 g/mol. The minimum absolute atomic E-state index is 0.0444. The number of hydrogen-bond acceptors (Lipinski definition) is 1. The third-order valence-corrected chi connectivity index (χ3v) is 0.933. The van der Waals surface area contributed by atoms with Crippen LogP contribution in [0.3, 0.4) is 0 Å². The molecule has 0 fully saturated rings. The van der Waals surface area contributed by atoms with Gasteiger partial charge in [-0.25, -0.2) is 4.39 Å². The molecule has 10 heavy (non-hydrogen) atoms. The van der Waals surface area contributed by atoms with Gasteiger partial charge in [0.15, 0.2) is 0 Å². The summed E-state index contributed by atoms with van der Waals surface area (Å²) in [6.07, 6.45) is -7.86. The van der Waals surface area contributed by atoms with Crippen molar-refractivity contribution in [3.05, 3.63) is 0 Å². The fourth-order valence-electron chi connectivity index (χ4n) is 0.534. The van der Waals surface area contributed by atoms with E-state index in [1.54, 1.807) is 0 Å². The van der Waals surface area contributed by atoms with Gasteiger partial charge in [-0.1, -0.05) is 0 Å². The Kier molecular flexibility index (Phi) is 3.63. The second-order valence-corrected chi connectivity index (χ2v) is 1.99. The van der Waals surface area contributed by atoms with E-state index in [1.807, 2.05) is 0 Å². The third-order valence-electron chi connectivity index (χ3n) is 0.933. The van der Waals surface area contributed by atoms with Crippen molar-refractivity contribution >= 4 is 0 Å². The second-order valence-electron chi connectivity index (χ2n) is 1.99. The molecule has 0 rings (SSSR count). The average Bonchev–Trinajstić information content (AvgIpc) is 1.59. The number of halogens is 4. The first-order valence-corrected chi connectivity index (χ1v) is 2.86. The van der Waals surface area contributed by atoms with Crippen molar-refractivity contribution in [2.24, 2.45) is 5.73 Å². The molecule has 0 aromatic carbocycles. The molecule has 0 saturated heterocycles. The van der Waals surface area contributed by atoms with E-state index < -0.39 is 18.8 Å². The van der Waals surface area contributed by atoms with E-state index in [4.69, 9.17) is 5.73 Å². The first kappa shape index (κ1) is 9.68. The lowest BCUT2D eigenvalue weighted by Crippen LogP contribution is -2.18. The van der Waals surface area contributed by atoms with Crippen molar-refractivity contribution < 1.29 is 17.6 Å². The molecule has 0 aliphatic rings. The van der Waals surface area contributed by atoms with E-state index in [0.29, 0.717) is 0 Å². The molecule has 0 aliphatic carbocycles. The molecule has 0 aromatic rings. The van der Waals surface area contributed by atoms with Crippen LogP contribution in [0.15, 0.2) is 0 Å². The van der Waals surface area contributed by atoms with Gasteiger partial charge in [-0.2, -0.15) is 13.2 Å². The van der Waals surface area contributed by atoms with Crippen LogP contribution >= 0.6 is 0 Å². The summed E-state index contributed by atoms with van der Waals surface area (Å²) in [5, 5.41) is 0. The summed E-state index contributed by atoms with van der Waals surface area (Å²) < 4.78 is 46.1. The molecule has 2 N–H and O–H groups in total. The highest BCUT2D eigenvalue weighted by atomic mass is 19.4. The zero-order chi connectivity index (χ0) is 8.20. The van der Waals surface area contributed by atoms with Gasteiger partial charge in [-0.15, -0.1) is 0 Å². The van der Waals surface area contributed by atoms with Crippen LogP contribution in [0.1, 0.15) is 12.8 Å². The van der Waals surface area contributed by atoms with Gasteiger partial charge < -0.3 is 5.73 Å². The SMILES string of the molecule is NCCC(F)CC(F)(F)F. The lowest BCUT2D eigenvalue weighted by Gasteiger charge is -2.08. The Labute approximate surface area is 56.2 Å². The Morgan fingerprint density at radius 2 is 1.80 bits per heavy atom. The van der Waals surface area contributed by atoms with Crippen molar-refractivity contribution in [2.45, 2.75) is 25.2 Å². The van der Waals surface area contributed by atoms with Gasteiger partial charge in [-0.3, -0.25) is 0 Å². The van der Waals surface area contributed by atoms with E-state index >= 15 is 0 Å². The first-order valence-electron chi connectivity index (χ1n) is 2.86. The van der Waals surface area contributed by atoms with Crippen molar-refractivity contribution in [3.8, 4) is 0 Å². The molecule has 1 nitrogen and oxygen atoms in total. The molecule has 0 saturated carbocycles. The maximum Gasteiger partial charge on any atom is 0.391 e. The maximum atomic E-state index is 12.1. The Morgan fingerprint density at radius 3 is 2.10 bits per heavy atom. The fourth-order valence-corrected chi connectivity index (χ4v) is 0.534. The summed E-state index contributed by atoms with van der Waals surface area (Å²) in [4.78, 5) is 0. The van der Waals surface area contributed by atoms with Gasteiger partial charge in [0, 0.05) is 0 Å². The van der Waals surface area contributed by atoms with Crippen molar-refractivity contribution in [1.29, 1.82) is 0 Å². The molecule has 0 heterocycles. The zero-order valence-electron chi connectivity index (χ0n) is 5.29. The molecule has 0 bridgehead atoms. The topological polar surface area (TPSA) is 26.0 Å². The second kappa shape index (κ2) is 3.75. The number of rotatable bonds is 3. The van der Waals surface area contributed by atoms with Gasteiger partial charge >= 0.3 is 6.18 Å². The predicted molar refractivity (Wildman–Crippen MR) is 29.2 cm³/mol. The highest BCUT2D eigenvalue weighted by molar-refractivity contribution is 4.62. The minimum Gasteiger partial charge on any atom is -0.330 e. The largest absolute Gasteiger partial charge is 0.391 e. The van der Waals surface area contributed by atoms with Crippen molar-refractivity contribution in [3.63, 3.8) is 0 Å². The Hall–Kier alpha value is -0.320.